The number of nitrogens with zero attached hydrogens (tertiary/aromatic N) is 5. The number of morpholine rings is 1. The van der Waals surface area contributed by atoms with Crippen LogP contribution in [-0.4, -0.2) is 70.6 Å². The Morgan fingerprint density at radius 1 is 1.23 bits per heavy atom. The molecule has 3 heterocycles. The molecule has 5 rings (SSSR count). The smallest absolute Gasteiger partial charge is 0.280 e. The van der Waals surface area contributed by atoms with Crippen LogP contribution in [0.4, 0.5) is 0 Å². The van der Waals surface area contributed by atoms with Gasteiger partial charge in [-0.15, -0.1) is 10.2 Å². The maximum Gasteiger partial charge on any atom is 0.280 e. The van der Waals surface area contributed by atoms with E-state index in [4.69, 9.17) is 9.47 Å². The lowest BCUT2D eigenvalue weighted by atomic mass is 10.1. The molecule has 3 aromatic rings. The van der Waals surface area contributed by atoms with Crippen molar-refractivity contribution in [2.75, 3.05) is 32.8 Å². The molecule has 1 fully saturated rings. The third-order valence-corrected chi connectivity index (χ3v) is 9.24. The second-order valence-electron chi connectivity index (χ2n) is 9.37. The number of hydrogen-bond acceptors (Lipinski definition) is 8. The Morgan fingerprint density at radius 2 is 2.10 bits per heavy atom. The molecule has 1 aliphatic carbocycles. The minimum Gasteiger partial charge on any atom is -0.486 e. The van der Waals surface area contributed by atoms with Gasteiger partial charge in [-0.25, -0.2) is 0 Å². The molecule has 2 aromatic heterocycles. The summed E-state index contributed by atoms with van der Waals surface area (Å²) in [5, 5.41) is 10.1. The predicted molar refractivity (Wildman–Crippen MR) is 153 cm³/mol. The molecule has 2 aliphatic rings. The molecule has 1 saturated heterocycles. The van der Waals surface area contributed by atoms with Gasteiger partial charge >= 0.3 is 0 Å². The first-order valence-corrected chi connectivity index (χ1v) is 15.5. The third kappa shape index (κ3) is 7.30. The molecule has 0 spiro atoms. The summed E-state index contributed by atoms with van der Waals surface area (Å²) in [5.41, 5.74) is 2.62. The first-order valence-electron chi connectivity index (χ1n) is 13.2. The number of pyridine rings is 1. The zero-order chi connectivity index (χ0) is 27.8. The Balaban J connectivity index is 1.23. The first-order chi connectivity index (χ1) is 19.5. The van der Waals surface area contributed by atoms with Gasteiger partial charge in [0.05, 0.1) is 31.6 Å². The highest BCUT2D eigenvalue weighted by Gasteiger charge is 2.23. The fourth-order valence-electron chi connectivity index (χ4n) is 4.39. The van der Waals surface area contributed by atoms with Crippen LogP contribution in [0.15, 0.2) is 60.0 Å². The van der Waals surface area contributed by atoms with Crippen molar-refractivity contribution in [2.45, 2.75) is 43.2 Å². The van der Waals surface area contributed by atoms with E-state index in [0.717, 1.165) is 34.8 Å². The fourth-order valence-corrected chi connectivity index (χ4v) is 6.61. The highest BCUT2D eigenvalue weighted by molar-refractivity contribution is 7.99. The largest absolute Gasteiger partial charge is 0.486 e. The van der Waals surface area contributed by atoms with Gasteiger partial charge < -0.3 is 9.47 Å². The summed E-state index contributed by atoms with van der Waals surface area (Å²) in [6, 6.07) is 9.51. The topological polar surface area (TPSA) is 111 Å². The quantitative estimate of drug-likeness (QED) is 0.303. The number of benzene rings is 1. The van der Waals surface area contributed by atoms with E-state index in [0.29, 0.717) is 43.1 Å². The second kappa shape index (κ2) is 13.4. The molecule has 1 aliphatic heterocycles. The van der Waals surface area contributed by atoms with E-state index in [1.165, 1.54) is 10.7 Å². The maximum absolute atomic E-state index is 12.4. The van der Waals surface area contributed by atoms with Gasteiger partial charge in [0.2, 0.25) is 0 Å². The van der Waals surface area contributed by atoms with E-state index in [1.807, 2.05) is 41.8 Å². The number of allylic oxidation sites excluding steroid dienone is 1. The van der Waals surface area contributed by atoms with Crippen LogP contribution in [0.3, 0.4) is 0 Å². The average Bonchev–Trinajstić information content (AvgIpc) is 3.38. The zero-order valence-corrected chi connectivity index (χ0v) is 24.0. The SMILES string of the molecule is Cc1cc(OCc2nnc(SC3C=CCCC3)n2-c2cccnc2)ccc1C#CCNS(=O)(=O)N1CCOCC1. The second-order valence-corrected chi connectivity index (χ2v) is 12.3. The van der Waals surface area contributed by atoms with Crippen molar-refractivity contribution in [1.82, 2.24) is 28.8 Å². The van der Waals surface area contributed by atoms with Crippen LogP contribution < -0.4 is 9.46 Å². The summed E-state index contributed by atoms with van der Waals surface area (Å²) in [6.45, 7) is 3.70. The van der Waals surface area contributed by atoms with E-state index in [-0.39, 0.29) is 13.2 Å². The lowest BCUT2D eigenvalue weighted by Gasteiger charge is -2.25. The Kier molecular flexibility index (Phi) is 9.51. The van der Waals surface area contributed by atoms with Crippen molar-refractivity contribution >= 4 is 22.0 Å². The van der Waals surface area contributed by atoms with Gasteiger partial charge in [0, 0.05) is 30.1 Å². The Hall–Kier alpha value is -3.21. The summed E-state index contributed by atoms with van der Waals surface area (Å²) in [7, 11) is -3.56. The molecule has 0 radical (unpaired) electrons. The van der Waals surface area contributed by atoms with E-state index in [9.17, 15) is 8.42 Å². The first kappa shape index (κ1) is 28.3. The monoisotopic (exact) mass is 580 g/mol. The van der Waals surface area contributed by atoms with Crippen LogP contribution in [0.2, 0.25) is 0 Å². The summed E-state index contributed by atoms with van der Waals surface area (Å²) >= 11 is 1.70. The summed E-state index contributed by atoms with van der Waals surface area (Å²) in [6.07, 6.45) is 11.4. The van der Waals surface area contributed by atoms with Gasteiger partial charge in [0.25, 0.3) is 10.2 Å². The van der Waals surface area contributed by atoms with Crippen molar-refractivity contribution in [1.29, 1.82) is 0 Å². The average molecular weight is 581 g/mol. The number of ether oxygens (including phenoxy) is 2. The molecular formula is C28H32N6O4S2. The molecular weight excluding hydrogens is 548 g/mol. The van der Waals surface area contributed by atoms with E-state index in [2.05, 4.69) is 43.9 Å². The highest BCUT2D eigenvalue weighted by Crippen LogP contribution is 2.31. The molecule has 1 unspecified atom stereocenters. The molecule has 12 heteroatoms. The Morgan fingerprint density at radius 3 is 2.85 bits per heavy atom. The molecule has 210 valence electrons. The normalized spacial score (nSPS) is 17.8. The molecule has 1 atom stereocenters. The molecule has 1 aromatic carbocycles. The minimum absolute atomic E-state index is 0.0262. The van der Waals surface area contributed by atoms with E-state index < -0.39 is 10.2 Å². The van der Waals surface area contributed by atoms with Crippen LogP contribution >= 0.6 is 11.8 Å². The van der Waals surface area contributed by atoms with Crippen LogP contribution in [0, 0.1) is 18.8 Å². The molecule has 0 amide bonds. The highest BCUT2D eigenvalue weighted by atomic mass is 32.2. The van der Waals surface area contributed by atoms with Gasteiger partial charge in [-0.05, 0) is 62.1 Å². The van der Waals surface area contributed by atoms with Crippen molar-refractivity contribution in [3.05, 3.63) is 71.8 Å². The van der Waals surface area contributed by atoms with Gasteiger partial charge in [0.15, 0.2) is 11.0 Å². The summed E-state index contributed by atoms with van der Waals surface area (Å²) in [4.78, 5) is 4.28. The number of aryl methyl sites for hydroxylation is 1. The molecule has 10 nitrogen and oxygen atoms in total. The van der Waals surface area contributed by atoms with Crippen molar-refractivity contribution in [3.63, 3.8) is 0 Å². The number of hydrogen-bond donors (Lipinski definition) is 1. The minimum atomic E-state index is -3.56. The summed E-state index contributed by atoms with van der Waals surface area (Å²) < 4.78 is 42.0. The maximum atomic E-state index is 12.4. The zero-order valence-electron chi connectivity index (χ0n) is 22.3. The molecule has 0 bridgehead atoms. The lowest BCUT2D eigenvalue weighted by Crippen LogP contribution is -2.46. The van der Waals surface area contributed by atoms with Crippen LogP contribution in [0.25, 0.3) is 5.69 Å². The van der Waals surface area contributed by atoms with Crippen molar-refractivity contribution in [3.8, 4) is 23.3 Å². The van der Waals surface area contributed by atoms with E-state index in [1.54, 1.807) is 24.2 Å². The van der Waals surface area contributed by atoms with E-state index >= 15 is 0 Å². The predicted octanol–water partition coefficient (Wildman–Crippen LogP) is 3.27. The molecule has 40 heavy (non-hydrogen) atoms. The van der Waals surface area contributed by atoms with Crippen LogP contribution in [0.1, 0.15) is 36.2 Å². The third-order valence-electron chi connectivity index (χ3n) is 6.51. The Bertz CT molecular complexity index is 1490. The van der Waals surface area contributed by atoms with Gasteiger partial charge in [-0.2, -0.15) is 17.4 Å². The number of thioether (sulfide) groups is 1. The van der Waals surface area contributed by atoms with Gasteiger partial charge in [-0.3, -0.25) is 9.55 Å². The van der Waals surface area contributed by atoms with Crippen LogP contribution in [0.5, 0.6) is 5.75 Å². The number of rotatable bonds is 9. The Labute approximate surface area is 239 Å². The van der Waals surface area contributed by atoms with Gasteiger partial charge in [-0.1, -0.05) is 35.8 Å². The molecule has 1 N–H and O–H groups in total. The van der Waals surface area contributed by atoms with Crippen molar-refractivity contribution in [2.24, 2.45) is 0 Å². The number of aromatic nitrogens is 4. The standard InChI is InChI=1S/C28H32N6O4S2/c1-22-19-25(12-11-23(22)7-5-14-30-40(35,36)33-15-17-37-18-16-33)38-21-27-31-32-28(39-26-9-3-2-4-10-26)34(27)24-8-6-13-29-20-24/h3,6,8-9,11-13,19-20,26,30H,2,4,10,14-18,21H2,1H3. The van der Waals surface area contributed by atoms with Gasteiger partial charge in [0.1, 0.15) is 12.4 Å². The molecule has 0 saturated carbocycles. The fraction of sp³-hybridized carbons (Fsp3) is 0.393. The van der Waals surface area contributed by atoms with Crippen molar-refractivity contribution < 1.29 is 17.9 Å². The summed E-state index contributed by atoms with van der Waals surface area (Å²) in [5.74, 6) is 7.31. The lowest BCUT2D eigenvalue weighted by molar-refractivity contribution is 0.0725. The number of nitrogens with one attached hydrogen (secondary N) is 1. The van der Waals surface area contributed by atoms with Crippen LogP contribution in [-0.2, 0) is 21.6 Å².